The number of sulfone groups is 1. The van der Waals surface area contributed by atoms with E-state index in [1.165, 1.54) is 0 Å². The van der Waals surface area contributed by atoms with E-state index < -0.39 is 27.7 Å². The molecule has 8 nitrogen and oxygen atoms in total. The molecular weight excluding hydrogens is 456 g/mol. The SMILES string of the molecule is CCOc1cc(C=C2C(=O)N(C3CCS(=O)(=O)C3)C(=O)C(C#N)=C2C)ccc1OCCC(C)C. The third-order valence-corrected chi connectivity index (χ3v) is 7.63. The molecule has 2 aliphatic heterocycles. The first-order valence-electron chi connectivity index (χ1n) is 11.4. The van der Waals surface area contributed by atoms with Crippen LogP contribution in [-0.2, 0) is 19.4 Å². The number of amides is 2. The number of nitrogens with zero attached hydrogens (tertiary/aromatic N) is 2. The largest absolute Gasteiger partial charge is 0.490 e. The standard InChI is InChI=1S/C25H30N2O6S/c1-5-32-23-13-18(6-7-22(23)33-10-8-16(2)3)12-20-17(4)21(14-26)25(29)27(24(20)28)19-9-11-34(30,31)15-19/h6-7,12-13,16,19H,5,8-11,15H2,1-4H3. The average molecular weight is 487 g/mol. The van der Waals surface area contributed by atoms with Gasteiger partial charge in [0.05, 0.1) is 30.8 Å². The minimum atomic E-state index is -3.33. The zero-order valence-electron chi connectivity index (χ0n) is 20.0. The van der Waals surface area contributed by atoms with Crippen LogP contribution in [0.3, 0.4) is 0 Å². The van der Waals surface area contributed by atoms with Gasteiger partial charge < -0.3 is 9.47 Å². The molecule has 0 aromatic heterocycles. The normalized spacial score (nSPS) is 21.4. The molecule has 3 rings (SSSR count). The number of ether oxygens (including phenoxy) is 2. The summed E-state index contributed by atoms with van der Waals surface area (Å²) >= 11 is 0. The number of rotatable bonds is 8. The second kappa shape index (κ2) is 10.4. The Morgan fingerprint density at radius 2 is 1.94 bits per heavy atom. The quantitative estimate of drug-likeness (QED) is 0.409. The Morgan fingerprint density at radius 1 is 1.21 bits per heavy atom. The highest BCUT2D eigenvalue weighted by Crippen LogP contribution is 2.34. The Bertz CT molecular complexity index is 1190. The third-order valence-electron chi connectivity index (χ3n) is 5.88. The van der Waals surface area contributed by atoms with Gasteiger partial charge in [0, 0.05) is 5.57 Å². The van der Waals surface area contributed by atoms with Gasteiger partial charge in [0.1, 0.15) is 11.6 Å². The van der Waals surface area contributed by atoms with Crippen molar-refractivity contribution in [3.8, 4) is 17.6 Å². The molecule has 2 aliphatic rings. The summed E-state index contributed by atoms with van der Waals surface area (Å²) in [7, 11) is -3.33. The highest BCUT2D eigenvalue weighted by Gasteiger charge is 2.43. The molecule has 1 unspecified atom stereocenters. The number of imide groups is 1. The van der Waals surface area contributed by atoms with E-state index in [9.17, 15) is 23.3 Å². The van der Waals surface area contributed by atoms with Gasteiger partial charge in [0.15, 0.2) is 21.3 Å². The van der Waals surface area contributed by atoms with Gasteiger partial charge >= 0.3 is 0 Å². The first-order valence-corrected chi connectivity index (χ1v) is 13.2. The molecular formula is C25H30N2O6S. The van der Waals surface area contributed by atoms with E-state index in [-0.39, 0.29) is 34.6 Å². The lowest BCUT2D eigenvalue weighted by molar-refractivity contribution is -0.142. The summed E-state index contributed by atoms with van der Waals surface area (Å²) < 4.78 is 35.5. The number of carbonyl (C=O) groups excluding carboxylic acids is 2. The Morgan fingerprint density at radius 3 is 2.53 bits per heavy atom. The first-order chi connectivity index (χ1) is 16.1. The number of benzene rings is 1. The van der Waals surface area contributed by atoms with Crippen molar-refractivity contribution in [3.05, 3.63) is 40.5 Å². The molecule has 2 heterocycles. The van der Waals surface area contributed by atoms with E-state index in [1.54, 1.807) is 31.2 Å². The molecule has 1 aromatic rings. The molecule has 0 aliphatic carbocycles. The van der Waals surface area contributed by atoms with Gasteiger partial charge in [-0.05, 0) is 62.0 Å². The maximum absolute atomic E-state index is 13.3. The Balaban J connectivity index is 1.98. The second-order valence-electron chi connectivity index (χ2n) is 8.88. The highest BCUT2D eigenvalue weighted by atomic mass is 32.2. The van der Waals surface area contributed by atoms with Crippen molar-refractivity contribution in [3.63, 3.8) is 0 Å². The molecule has 0 N–H and O–H groups in total. The predicted molar refractivity (Wildman–Crippen MR) is 128 cm³/mol. The van der Waals surface area contributed by atoms with Crippen molar-refractivity contribution >= 4 is 27.7 Å². The summed E-state index contributed by atoms with van der Waals surface area (Å²) in [5.74, 6) is -0.0901. The van der Waals surface area contributed by atoms with Crippen molar-refractivity contribution in [1.29, 1.82) is 5.26 Å². The minimum Gasteiger partial charge on any atom is -0.490 e. The monoisotopic (exact) mass is 486 g/mol. The number of nitriles is 1. The van der Waals surface area contributed by atoms with Crippen molar-refractivity contribution < 1.29 is 27.5 Å². The molecule has 0 saturated carbocycles. The molecule has 1 saturated heterocycles. The number of hydrogen-bond donors (Lipinski definition) is 0. The molecule has 1 atom stereocenters. The molecule has 182 valence electrons. The summed E-state index contributed by atoms with van der Waals surface area (Å²) in [5, 5.41) is 9.59. The van der Waals surface area contributed by atoms with Gasteiger partial charge in [-0.15, -0.1) is 0 Å². The summed E-state index contributed by atoms with van der Waals surface area (Å²) in [6, 6.07) is 6.39. The van der Waals surface area contributed by atoms with E-state index in [4.69, 9.17) is 9.47 Å². The van der Waals surface area contributed by atoms with E-state index >= 15 is 0 Å². The highest BCUT2D eigenvalue weighted by molar-refractivity contribution is 7.91. The fourth-order valence-corrected chi connectivity index (χ4v) is 5.68. The van der Waals surface area contributed by atoms with Crippen molar-refractivity contribution in [2.45, 2.75) is 46.6 Å². The van der Waals surface area contributed by atoms with Crippen LogP contribution in [0.5, 0.6) is 11.5 Å². The summed E-state index contributed by atoms with van der Waals surface area (Å²) in [6.45, 7) is 8.61. The average Bonchev–Trinajstić information content (AvgIpc) is 3.12. The Kier molecular flexibility index (Phi) is 7.82. The van der Waals surface area contributed by atoms with Crippen LogP contribution >= 0.6 is 0 Å². The van der Waals surface area contributed by atoms with Crippen LogP contribution in [-0.4, -0.2) is 55.9 Å². The number of hydrogen-bond acceptors (Lipinski definition) is 7. The summed E-state index contributed by atoms with van der Waals surface area (Å²) in [5.41, 5.74) is 0.919. The van der Waals surface area contributed by atoms with Gasteiger partial charge in [-0.3, -0.25) is 14.5 Å². The molecule has 1 aromatic carbocycles. The van der Waals surface area contributed by atoms with Crippen molar-refractivity contribution in [2.75, 3.05) is 24.7 Å². The molecule has 34 heavy (non-hydrogen) atoms. The van der Waals surface area contributed by atoms with Crippen LogP contribution in [0.1, 0.15) is 46.1 Å². The lowest BCUT2D eigenvalue weighted by Crippen LogP contribution is -2.49. The maximum atomic E-state index is 13.3. The zero-order valence-corrected chi connectivity index (χ0v) is 20.8. The molecule has 1 fully saturated rings. The molecule has 0 bridgehead atoms. The predicted octanol–water partition coefficient (Wildman–Crippen LogP) is 3.29. The van der Waals surface area contributed by atoms with E-state index in [0.29, 0.717) is 36.2 Å². The summed E-state index contributed by atoms with van der Waals surface area (Å²) in [6.07, 6.45) is 2.66. The fraction of sp³-hybridized carbons (Fsp3) is 0.480. The van der Waals surface area contributed by atoms with Crippen LogP contribution in [0.15, 0.2) is 34.9 Å². The minimum absolute atomic E-state index is 0.0889. The van der Waals surface area contributed by atoms with Gasteiger partial charge in [-0.1, -0.05) is 19.9 Å². The lowest BCUT2D eigenvalue weighted by atomic mass is 9.92. The Hall–Kier alpha value is -3.12. The molecule has 0 spiro atoms. The topological polar surface area (TPSA) is 114 Å². The third kappa shape index (κ3) is 5.50. The fourth-order valence-electron chi connectivity index (χ4n) is 3.98. The molecule has 0 radical (unpaired) electrons. The van der Waals surface area contributed by atoms with Gasteiger partial charge in [-0.2, -0.15) is 5.26 Å². The van der Waals surface area contributed by atoms with Crippen LogP contribution in [0.4, 0.5) is 0 Å². The molecule has 2 amide bonds. The van der Waals surface area contributed by atoms with Gasteiger partial charge in [0.25, 0.3) is 11.8 Å². The van der Waals surface area contributed by atoms with E-state index in [1.807, 2.05) is 13.0 Å². The number of carbonyl (C=O) groups is 2. The van der Waals surface area contributed by atoms with E-state index in [2.05, 4.69) is 13.8 Å². The van der Waals surface area contributed by atoms with Gasteiger partial charge in [0.2, 0.25) is 0 Å². The van der Waals surface area contributed by atoms with Gasteiger partial charge in [-0.25, -0.2) is 8.42 Å². The second-order valence-corrected chi connectivity index (χ2v) is 11.1. The smallest absolute Gasteiger partial charge is 0.271 e. The van der Waals surface area contributed by atoms with Crippen LogP contribution in [0.25, 0.3) is 6.08 Å². The van der Waals surface area contributed by atoms with E-state index in [0.717, 1.165) is 11.3 Å². The van der Waals surface area contributed by atoms with Crippen LogP contribution < -0.4 is 9.47 Å². The van der Waals surface area contributed by atoms with Crippen LogP contribution in [0, 0.1) is 17.2 Å². The zero-order chi connectivity index (χ0) is 25.0. The first kappa shape index (κ1) is 25.5. The maximum Gasteiger partial charge on any atom is 0.271 e. The Labute approximate surface area is 200 Å². The van der Waals surface area contributed by atoms with Crippen LogP contribution in [0.2, 0.25) is 0 Å². The molecule has 9 heteroatoms. The van der Waals surface area contributed by atoms with Crippen molar-refractivity contribution in [1.82, 2.24) is 4.90 Å². The lowest BCUT2D eigenvalue weighted by Gasteiger charge is -2.31. The van der Waals surface area contributed by atoms with Crippen molar-refractivity contribution in [2.24, 2.45) is 5.92 Å². The summed E-state index contributed by atoms with van der Waals surface area (Å²) in [4.78, 5) is 27.1.